The SMILES string of the molecule is Cc1ncc(/C=C/C(=O)CC2CCC(CCN3CCc4ccc(OCC(F)F)nc4CC3)CC2)cn1. The molecule has 0 aromatic carbocycles. The molecule has 3 heterocycles. The van der Waals surface area contributed by atoms with Crippen LogP contribution in [0.3, 0.4) is 0 Å². The molecular weight excluding hydrogens is 462 g/mol. The lowest BCUT2D eigenvalue weighted by molar-refractivity contribution is -0.115. The molecule has 36 heavy (non-hydrogen) atoms. The first-order valence-corrected chi connectivity index (χ1v) is 13.1. The molecule has 194 valence electrons. The number of aromatic nitrogens is 3. The highest BCUT2D eigenvalue weighted by atomic mass is 19.3. The van der Waals surface area contributed by atoms with Gasteiger partial charge in [0.2, 0.25) is 5.88 Å². The lowest BCUT2D eigenvalue weighted by Gasteiger charge is -2.30. The van der Waals surface area contributed by atoms with Gasteiger partial charge in [0.1, 0.15) is 5.82 Å². The summed E-state index contributed by atoms with van der Waals surface area (Å²) in [5, 5.41) is 0. The summed E-state index contributed by atoms with van der Waals surface area (Å²) in [5.41, 5.74) is 3.01. The van der Waals surface area contributed by atoms with Crippen molar-refractivity contribution in [2.75, 3.05) is 26.2 Å². The molecule has 0 unspecified atom stereocenters. The van der Waals surface area contributed by atoms with Crippen molar-refractivity contribution in [3.05, 3.63) is 53.2 Å². The van der Waals surface area contributed by atoms with Crippen LogP contribution in [0.1, 0.15) is 61.2 Å². The number of halogens is 2. The Bertz CT molecular complexity index is 1020. The fraction of sp³-hybridized carbons (Fsp3) is 0.571. The van der Waals surface area contributed by atoms with Crippen LogP contribution in [-0.2, 0) is 17.6 Å². The molecule has 6 nitrogen and oxygen atoms in total. The van der Waals surface area contributed by atoms with Crippen molar-refractivity contribution in [3.8, 4) is 5.88 Å². The van der Waals surface area contributed by atoms with Gasteiger partial charge in [-0.15, -0.1) is 0 Å². The number of rotatable bonds is 10. The summed E-state index contributed by atoms with van der Waals surface area (Å²) in [6, 6.07) is 3.67. The van der Waals surface area contributed by atoms with Crippen molar-refractivity contribution >= 4 is 11.9 Å². The maximum Gasteiger partial charge on any atom is 0.272 e. The molecule has 0 radical (unpaired) electrons. The Hall–Kier alpha value is -2.74. The van der Waals surface area contributed by atoms with E-state index in [1.54, 1.807) is 30.6 Å². The minimum Gasteiger partial charge on any atom is -0.472 e. The predicted molar refractivity (Wildman–Crippen MR) is 135 cm³/mol. The molecule has 2 aliphatic rings. The molecule has 0 bridgehead atoms. The second-order valence-electron chi connectivity index (χ2n) is 10.0. The second-order valence-corrected chi connectivity index (χ2v) is 10.0. The molecule has 1 fully saturated rings. The van der Waals surface area contributed by atoms with Gasteiger partial charge in [0, 0.05) is 55.6 Å². The third-order valence-electron chi connectivity index (χ3n) is 7.33. The van der Waals surface area contributed by atoms with Crippen molar-refractivity contribution in [1.82, 2.24) is 19.9 Å². The van der Waals surface area contributed by atoms with Crippen LogP contribution in [0.4, 0.5) is 8.78 Å². The topological polar surface area (TPSA) is 68.2 Å². The summed E-state index contributed by atoms with van der Waals surface area (Å²) in [6.45, 7) is 4.22. The molecule has 2 aromatic heterocycles. The number of ketones is 1. The fourth-order valence-electron chi connectivity index (χ4n) is 5.18. The van der Waals surface area contributed by atoms with Gasteiger partial charge in [0.05, 0.1) is 0 Å². The molecule has 0 spiro atoms. The molecule has 1 aliphatic carbocycles. The molecule has 2 aromatic rings. The van der Waals surface area contributed by atoms with Gasteiger partial charge in [-0.2, -0.15) is 0 Å². The quantitative estimate of drug-likeness (QED) is 0.425. The Balaban J connectivity index is 1.15. The van der Waals surface area contributed by atoms with Crippen molar-refractivity contribution in [3.63, 3.8) is 0 Å². The second kappa shape index (κ2) is 13.0. The maximum absolute atomic E-state index is 12.4. The number of nitrogens with zero attached hydrogens (tertiary/aromatic N) is 4. The third kappa shape index (κ3) is 8.15. The minimum absolute atomic E-state index is 0.180. The summed E-state index contributed by atoms with van der Waals surface area (Å²) < 4.78 is 29.9. The smallest absolute Gasteiger partial charge is 0.272 e. The monoisotopic (exact) mass is 498 g/mol. The molecule has 0 atom stereocenters. The van der Waals surface area contributed by atoms with Crippen LogP contribution in [0.15, 0.2) is 30.6 Å². The van der Waals surface area contributed by atoms with Crippen LogP contribution in [0.2, 0.25) is 0 Å². The first-order valence-electron chi connectivity index (χ1n) is 13.1. The number of aryl methyl sites for hydroxylation is 1. The van der Waals surface area contributed by atoms with Crippen LogP contribution in [0, 0.1) is 18.8 Å². The van der Waals surface area contributed by atoms with E-state index in [-0.39, 0.29) is 11.7 Å². The Morgan fingerprint density at radius 1 is 1.11 bits per heavy atom. The van der Waals surface area contributed by atoms with Crippen LogP contribution in [0.25, 0.3) is 6.08 Å². The zero-order valence-corrected chi connectivity index (χ0v) is 21.0. The first-order chi connectivity index (χ1) is 17.4. The number of pyridine rings is 1. The van der Waals surface area contributed by atoms with E-state index in [1.165, 1.54) is 24.8 Å². The minimum atomic E-state index is -2.49. The summed E-state index contributed by atoms with van der Waals surface area (Å²) in [6.07, 6.45) is 12.6. The number of fused-ring (bicyclic) bond motifs is 1. The lowest BCUT2D eigenvalue weighted by atomic mass is 9.78. The van der Waals surface area contributed by atoms with Crippen LogP contribution in [-0.4, -0.2) is 58.3 Å². The van der Waals surface area contributed by atoms with Gasteiger partial charge in [-0.1, -0.05) is 18.9 Å². The highest BCUT2D eigenvalue weighted by Crippen LogP contribution is 2.33. The standard InChI is InChI=1S/C28H36F2N4O2/c1-20-31-17-23(18-32-20)6-8-25(35)16-22-4-2-21(3-5-22)10-13-34-14-11-24-7-9-28(36-19-27(29)30)33-26(24)12-15-34/h6-9,17-18,21-22,27H,2-5,10-16,19H2,1H3/b8-6+. The Morgan fingerprint density at radius 3 is 2.58 bits per heavy atom. The van der Waals surface area contributed by atoms with Gasteiger partial charge in [0.25, 0.3) is 6.43 Å². The predicted octanol–water partition coefficient (Wildman–Crippen LogP) is 5.09. The van der Waals surface area contributed by atoms with E-state index in [2.05, 4.69) is 19.9 Å². The van der Waals surface area contributed by atoms with E-state index in [0.29, 0.717) is 12.3 Å². The van der Waals surface area contributed by atoms with E-state index in [1.807, 2.05) is 13.0 Å². The maximum atomic E-state index is 12.4. The number of hydrogen-bond donors (Lipinski definition) is 0. The largest absolute Gasteiger partial charge is 0.472 e. The average Bonchev–Trinajstić information content (AvgIpc) is 3.08. The number of carbonyl (C=O) groups is 1. The number of allylic oxidation sites excluding steroid dienone is 1. The normalized spacial score (nSPS) is 20.9. The summed E-state index contributed by atoms with van der Waals surface area (Å²) in [5.74, 6) is 2.39. The molecule has 0 saturated heterocycles. The molecule has 1 aliphatic heterocycles. The average molecular weight is 499 g/mol. The zero-order chi connectivity index (χ0) is 25.3. The summed E-state index contributed by atoms with van der Waals surface area (Å²) in [4.78, 5) is 27.7. The van der Waals surface area contributed by atoms with Gasteiger partial charge in [-0.25, -0.2) is 23.7 Å². The summed E-state index contributed by atoms with van der Waals surface area (Å²) in [7, 11) is 0. The zero-order valence-electron chi connectivity index (χ0n) is 21.0. The van der Waals surface area contributed by atoms with Crippen LogP contribution in [0.5, 0.6) is 5.88 Å². The van der Waals surface area contributed by atoms with E-state index >= 15 is 0 Å². The third-order valence-corrected chi connectivity index (χ3v) is 7.33. The van der Waals surface area contributed by atoms with E-state index in [4.69, 9.17) is 4.74 Å². The van der Waals surface area contributed by atoms with Crippen molar-refractivity contribution in [1.29, 1.82) is 0 Å². The number of alkyl halides is 2. The Morgan fingerprint density at radius 2 is 1.83 bits per heavy atom. The van der Waals surface area contributed by atoms with E-state index < -0.39 is 13.0 Å². The highest BCUT2D eigenvalue weighted by Gasteiger charge is 2.24. The van der Waals surface area contributed by atoms with Crippen molar-refractivity contribution < 1.29 is 18.3 Å². The van der Waals surface area contributed by atoms with E-state index in [0.717, 1.165) is 68.3 Å². The molecule has 8 heteroatoms. The molecule has 1 saturated carbocycles. The Kier molecular flexibility index (Phi) is 9.50. The van der Waals surface area contributed by atoms with Gasteiger partial charge < -0.3 is 9.64 Å². The fourth-order valence-corrected chi connectivity index (χ4v) is 5.18. The lowest BCUT2D eigenvalue weighted by Crippen LogP contribution is -2.29. The van der Waals surface area contributed by atoms with Crippen molar-refractivity contribution in [2.45, 2.75) is 64.7 Å². The number of hydrogen-bond acceptors (Lipinski definition) is 6. The van der Waals surface area contributed by atoms with Gasteiger partial charge in [-0.3, -0.25) is 4.79 Å². The summed E-state index contributed by atoms with van der Waals surface area (Å²) >= 11 is 0. The van der Waals surface area contributed by atoms with Gasteiger partial charge in [-0.05, 0) is 68.7 Å². The van der Waals surface area contributed by atoms with Gasteiger partial charge in [0.15, 0.2) is 12.4 Å². The van der Waals surface area contributed by atoms with Gasteiger partial charge >= 0.3 is 0 Å². The first kappa shape index (κ1) is 26.3. The van der Waals surface area contributed by atoms with Crippen LogP contribution < -0.4 is 4.74 Å². The highest BCUT2D eigenvalue weighted by molar-refractivity contribution is 5.93. The molecule has 4 rings (SSSR count). The van der Waals surface area contributed by atoms with Crippen molar-refractivity contribution in [2.24, 2.45) is 11.8 Å². The Labute approximate surface area is 212 Å². The van der Waals surface area contributed by atoms with Crippen LogP contribution >= 0.6 is 0 Å². The number of carbonyl (C=O) groups excluding carboxylic acids is 1. The number of ether oxygens (including phenoxy) is 1. The molecule has 0 N–H and O–H groups in total. The molecule has 0 amide bonds. The van der Waals surface area contributed by atoms with E-state index in [9.17, 15) is 13.6 Å². The molecular formula is C28H36F2N4O2.